The SMILES string of the molecule is Oc1ccc([C@@H]2Nc3ccc4[nH]ncc4c3[C@H]3C4C5CCC(C54)[C@@H]23)c(F)c1. The van der Waals surface area contributed by atoms with Crippen LogP contribution in [-0.2, 0) is 0 Å². The monoisotopic (exact) mass is 361 g/mol. The number of anilines is 1. The zero-order valence-electron chi connectivity index (χ0n) is 14.7. The van der Waals surface area contributed by atoms with Crippen LogP contribution in [0.1, 0.15) is 35.9 Å². The molecule has 136 valence electrons. The second-order valence-electron chi connectivity index (χ2n) is 8.85. The summed E-state index contributed by atoms with van der Waals surface area (Å²) in [5.74, 6) is 3.67. The first-order valence-electron chi connectivity index (χ1n) is 9.93. The van der Waals surface area contributed by atoms with Crippen LogP contribution in [-0.4, -0.2) is 15.3 Å². The maximum absolute atomic E-state index is 14.8. The summed E-state index contributed by atoms with van der Waals surface area (Å²) in [6, 6.07) is 8.76. The number of nitrogens with one attached hydrogen (secondary N) is 2. The van der Waals surface area contributed by atoms with E-state index in [1.807, 2.05) is 6.20 Å². The normalized spacial score (nSPS) is 37.6. The molecule has 3 N–H and O–H groups in total. The number of hydrogen-bond donors (Lipinski definition) is 3. The number of phenolic OH excluding ortho intramolecular Hbond substituents is 1. The number of halogens is 1. The molecule has 2 heterocycles. The standard InChI is InChI=1S/C22H20FN3O/c23-14-7-9(27)1-2-10(14)22-20-12-4-3-11-17(12)19(11)21(20)18-13-8-24-26-15(13)5-6-16(18)25-22/h1-2,5-8,11-12,17,19-22,25,27H,3-4H2,(H,24,26)/t11?,12?,17?,19?,20-,21+,22+/m1/s1. The van der Waals surface area contributed by atoms with Crippen LogP contribution < -0.4 is 5.32 Å². The summed E-state index contributed by atoms with van der Waals surface area (Å²) >= 11 is 0. The minimum Gasteiger partial charge on any atom is -0.508 e. The number of phenols is 1. The Morgan fingerprint density at radius 1 is 1.04 bits per heavy atom. The van der Waals surface area contributed by atoms with E-state index in [1.165, 1.54) is 29.9 Å². The van der Waals surface area contributed by atoms with Gasteiger partial charge in [0.15, 0.2) is 0 Å². The molecular formula is C22H20FN3O. The van der Waals surface area contributed by atoms with Gasteiger partial charge in [-0.3, -0.25) is 5.10 Å². The van der Waals surface area contributed by atoms with E-state index in [4.69, 9.17) is 0 Å². The van der Waals surface area contributed by atoms with Gasteiger partial charge in [-0.25, -0.2) is 4.39 Å². The van der Waals surface area contributed by atoms with Crippen LogP contribution in [0.5, 0.6) is 5.75 Å². The van der Waals surface area contributed by atoms with E-state index in [2.05, 4.69) is 27.6 Å². The smallest absolute Gasteiger partial charge is 0.132 e. The largest absolute Gasteiger partial charge is 0.508 e. The van der Waals surface area contributed by atoms with E-state index >= 15 is 0 Å². The van der Waals surface area contributed by atoms with Gasteiger partial charge in [-0.2, -0.15) is 5.10 Å². The number of fused-ring (bicyclic) bond motifs is 8. The molecule has 1 aromatic heterocycles. The first-order chi connectivity index (χ1) is 13.2. The minimum atomic E-state index is -0.311. The van der Waals surface area contributed by atoms with E-state index in [1.54, 1.807) is 12.1 Å². The predicted octanol–water partition coefficient (Wildman–Crippen LogP) is 4.56. The van der Waals surface area contributed by atoms with E-state index in [0.29, 0.717) is 23.3 Å². The lowest BCUT2D eigenvalue weighted by Crippen LogP contribution is -2.34. The van der Waals surface area contributed by atoms with Gasteiger partial charge >= 0.3 is 0 Å². The molecule has 3 saturated carbocycles. The number of hydrogen-bond acceptors (Lipinski definition) is 3. The molecule has 3 aromatic rings. The van der Waals surface area contributed by atoms with Crippen LogP contribution in [0.4, 0.5) is 10.1 Å². The Kier molecular flexibility index (Phi) is 2.49. The number of aromatic hydroxyl groups is 1. The zero-order chi connectivity index (χ0) is 17.9. The maximum atomic E-state index is 14.8. The van der Waals surface area contributed by atoms with Crippen LogP contribution in [0.3, 0.4) is 0 Å². The van der Waals surface area contributed by atoms with E-state index in [-0.39, 0.29) is 17.6 Å². The fourth-order valence-electron chi connectivity index (χ4n) is 7.15. The van der Waals surface area contributed by atoms with Crippen molar-refractivity contribution in [3.05, 3.63) is 53.5 Å². The molecular weight excluding hydrogens is 341 g/mol. The molecule has 7 atom stereocenters. The van der Waals surface area contributed by atoms with Gasteiger partial charge in [0.05, 0.1) is 17.8 Å². The molecule has 0 spiro atoms. The first-order valence-corrected chi connectivity index (χ1v) is 9.93. The highest BCUT2D eigenvalue weighted by Gasteiger charge is 2.71. The zero-order valence-corrected chi connectivity index (χ0v) is 14.7. The maximum Gasteiger partial charge on any atom is 0.132 e. The quantitative estimate of drug-likeness (QED) is 0.595. The van der Waals surface area contributed by atoms with Gasteiger partial charge in [0.25, 0.3) is 0 Å². The highest BCUT2D eigenvalue weighted by Crippen LogP contribution is 2.78. The van der Waals surface area contributed by atoms with E-state index in [0.717, 1.165) is 29.0 Å². The molecule has 5 heteroatoms. The fourth-order valence-corrected chi connectivity index (χ4v) is 7.15. The molecule has 4 aliphatic rings. The molecule has 0 radical (unpaired) electrons. The van der Waals surface area contributed by atoms with Gasteiger partial charge < -0.3 is 10.4 Å². The lowest BCUT2D eigenvalue weighted by Gasteiger charge is -2.41. The van der Waals surface area contributed by atoms with Crippen molar-refractivity contribution in [3.63, 3.8) is 0 Å². The first kappa shape index (κ1) is 14.5. The Balaban J connectivity index is 1.46. The Labute approximate surface area is 155 Å². The summed E-state index contributed by atoms with van der Waals surface area (Å²) in [7, 11) is 0. The third-order valence-electron chi connectivity index (χ3n) is 7.96. The number of rotatable bonds is 1. The molecule has 7 rings (SSSR count). The van der Waals surface area contributed by atoms with Crippen molar-refractivity contribution in [3.8, 4) is 5.75 Å². The molecule has 2 aromatic carbocycles. The molecule has 3 fully saturated rings. The second-order valence-corrected chi connectivity index (χ2v) is 8.85. The second kappa shape index (κ2) is 4.64. The lowest BCUT2D eigenvalue weighted by molar-refractivity contribution is 0.276. The molecule has 0 amide bonds. The van der Waals surface area contributed by atoms with E-state index < -0.39 is 0 Å². The molecule has 4 nitrogen and oxygen atoms in total. The van der Waals surface area contributed by atoms with E-state index in [9.17, 15) is 9.50 Å². The van der Waals surface area contributed by atoms with Gasteiger partial charge in [0, 0.05) is 22.7 Å². The Morgan fingerprint density at radius 3 is 2.74 bits per heavy atom. The number of aromatic nitrogens is 2. The van der Waals surface area contributed by atoms with Crippen molar-refractivity contribution in [1.29, 1.82) is 0 Å². The molecule has 0 saturated heterocycles. The van der Waals surface area contributed by atoms with Crippen molar-refractivity contribution in [2.24, 2.45) is 29.6 Å². The minimum absolute atomic E-state index is 0.0145. The van der Waals surface area contributed by atoms with Gasteiger partial charge in [-0.1, -0.05) is 6.07 Å². The number of H-pyrrole nitrogens is 1. The van der Waals surface area contributed by atoms with Crippen LogP contribution >= 0.6 is 0 Å². The van der Waals surface area contributed by atoms with Crippen LogP contribution in [0, 0.1) is 35.4 Å². The van der Waals surface area contributed by atoms with Gasteiger partial charge in [-0.05, 0) is 72.1 Å². The number of aromatic amines is 1. The summed E-state index contributed by atoms with van der Waals surface area (Å²) in [6.07, 6.45) is 4.54. The van der Waals surface area contributed by atoms with Crippen molar-refractivity contribution >= 4 is 16.6 Å². The molecule has 0 bridgehead atoms. The molecule has 4 unspecified atom stereocenters. The fraction of sp³-hybridized carbons (Fsp3) is 0.409. The van der Waals surface area contributed by atoms with Crippen molar-refractivity contribution < 1.29 is 9.50 Å². The molecule has 3 aliphatic carbocycles. The van der Waals surface area contributed by atoms with Crippen LogP contribution in [0.15, 0.2) is 36.5 Å². The van der Waals surface area contributed by atoms with Gasteiger partial charge in [0.2, 0.25) is 0 Å². The predicted molar refractivity (Wildman–Crippen MR) is 99.9 cm³/mol. The number of benzene rings is 2. The summed E-state index contributed by atoms with van der Waals surface area (Å²) in [6.45, 7) is 0. The molecule has 27 heavy (non-hydrogen) atoms. The molecule has 1 aliphatic heterocycles. The highest BCUT2D eigenvalue weighted by molar-refractivity contribution is 5.89. The highest BCUT2D eigenvalue weighted by atomic mass is 19.1. The summed E-state index contributed by atoms with van der Waals surface area (Å²) in [5.41, 5.74) is 4.28. The summed E-state index contributed by atoms with van der Waals surface area (Å²) in [4.78, 5) is 0. The van der Waals surface area contributed by atoms with Crippen LogP contribution in [0.25, 0.3) is 10.9 Å². The Morgan fingerprint density at radius 2 is 1.89 bits per heavy atom. The Bertz CT molecular complexity index is 1110. The van der Waals surface area contributed by atoms with Crippen molar-refractivity contribution in [1.82, 2.24) is 10.2 Å². The summed E-state index contributed by atoms with van der Waals surface area (Å²) in [5, 5.41) is 21.9. The van der Waals surface area contributed by atoms with Crippen molar-refractivity contribution in [2.75, 3.05) is 5.32 Å². The third-order valence-corrected chi connectivity index (χ3v) is 7.96. The van der Waals surface area contributed by atoms with Crippen molar-refractivity contribution in [2.45, 2.75) is 24.8 Å². The van der Waals surface area contributed by atoms with Gasteiger partial charge in [0.1, 0.15) is 11.6 Å². The lowest BCUT2D eigenvalue weighted by atomic mass is 9.70. The Hall–Kier alpha value is -2.56. The number of nitrogens with zero attached hydrogens (tertiary/aromatic N) is 1. The topological polar surface area (TPSA) is 60.9 Å². The average Bonchev–Trinajstić information content (AvgIpc) is 3.00. The van der Waals surface area contributed by atoms with Gasteiger partial charge in [-0.15, -0.1) is 0 Å². The third kappa shape index (κ3) is 1.67. The average molecular weight is 361 g/mol. The van der Waals surface area contributed by atoms with Crippen LogP contribution in [0.2, 0.25) is 0 Å². The summed E-state index contributed by atoms with van der Waals surface area (Å²) < 4.78 is 14.8.